The van der Waals surface area contributed by atoms with Crippen molar-refractivity contribution in [2.75, 3.05) is 6.54 Å². The fourth-order valence-electron chi connectivity index (χ4n) is 2.74. The number of carbonyl (C=O) groups is 1. The molecule has 0 radical (unpaired) electrons. The normalized spacial score (nSPS) is 12.9. The predicted octanol–water partition coefficient (Wildman–Crippen LogP) is 2.81. The lowest BCUT2D eigenvalue weighted by Gasteiger charge is -2.30. The van der Waals surface area contributed by atoms with Crippen LogP contribution in [-0.2, 0) is 4.79 Å². The van der Waals surface area contributed by atoms with Crippen molar-refractivity contribution in [1.82, 2.24) is 15.1 Å². The molecule has 1 aromatic carbocycles. The SMILES string of the molecule is CCC(CC)(CN)C(=O)NC(C)c1cccc(-n2cccn2)c1. The third-order valence-electron chi connectivity index (χ3n) is 4.71. The van der Waals surface area contributed by atoms with Gasteiger partial charge in [0.1, 0.15) is 0 Å². The van der Waals surface area contributed by atoms with Crippen molar-refractivity contribution in [3.8, 4) is 5.69 Å². The standard InChI is InChI=1S/C18H26N4O/c1-4-18(5-2,13-19)17(23)21-14(3)15-8-6-9-16(12-15)22-11-7-10-20-22/h6-12,14H,4-5,13,19H2,1-3H3,(H,21,23). The minimum Gasteiger partial charge on any atom is -0.349 e. The highest BCUT2D eigenvalue weighted by molar-refractivity contribution is 5.83. The van der Waals surface area contributed by atoms with E-state index in [4.69, 9.17) is 5.73 Å². The summed E-state index contributed by atoms with van der Waals surface area (Å²) < 4.78 is 1.81. The van der Waals surface area contributed by atoms with Gasteiger partial charge in [0.25, 0.3) is 0 Å². The molecule has 3 N–H and O–H groups in total. The van der Waals surface area contributed by atoms with Crippen LogP contribution in [0.3, 0.4) is 0 Å². The molecule has 5 heteroatoms. The van der Waals surface area contributed by atoms with Crippen LogP contribution in [0.2, 0.25) is 0 Å². The third kappa shape index (κ3) is 3.62. The van der Waals surface area contributed by atoms with E-state index in [1.54, 1.807) is 10.9 Å². The molecule has 0 fully saturated rings. The van der Waals surface area contributed by atoms with Gasteiger partial charge in [0.15, 0.2) is 0 Å². The van der Waals surface area contributed by atoms with E-state index in [0.717, 1.165) is 24.1 Å². The minimum atomic E-state index is -0.478. The summed E-state index contributed by atoms with van der Waals surface area (Å²) in [5.74, 6) is 0.0296. The third-order valence-corrected chi connectivity index (χ3v) is 4.71. The molecule has 0 aliphatic heterocycles. The van der Waals surface area contributed by atoms with Crippen molar-refractivity contribution >= 4 is 5.91 Å². The van der Waals surface area contributed by atoms with Crippen LogP contribution in [0.5, 0.6) is 0 Å². The number of nitrogens with one attached hydrogen (secondary N) is 1. The Morgan fingerprint density at radius 1 is 1.35 bits per heavy atom. The van der Waals surface area contributed by atoms with E-state index in [0.29, 0.717) is 6.54 Å². The maximum Gasteiger partial charge on any atom is 0.227 e. The Balaban J connectivity index is 2.16. The quantitative estimate of drug-likeness (QED) is 0.825. The van der Waals surface area contributed by atoms with Gasteiger partial charge in [-0.05, 0) is 43.5 Å². The highest BCUT2D eigenvalue weighted by Gasteiger charge is 2.34. The van der Waals surface area contributed by atoms with Crippen molar-refractivity contribution in [1.29, 1.82) is 0 Å². The fourth-order valence-corrected chi connectivity index (χ4v) is 2.74. The highest BCUT2D eigenvalue weighted by Crippen LogP contribution is 2.27. The first-order valence-electron chi connectivity index (χ1n) is 8.17. The average molecular weight is 314 g/mol. The van der Waals surface area contributed by atoms with Gasteiger partial charge in [-0.3, -0.25) is 4.79 Å². The molecule has 1 unspecified atom stereocenters. The summed E-state index contributed by atoms with van der Waals surface area (Å²) in [6, 6.07) is 9.83. The van der Waals surface area contributed by atoms with Crippen molar-refractivity contribution < 1.29 is 4.79 Å². The summed E-state index contributed by atoms with van der Waals surface area (Å²) >= 11 is 0. The number of hydrogen-bond donors (Lipinski definition) is 2. The zero-order valence-corrected chi connectivity index (χ0v) is 14.1. The molecule has 124 valence electrons. The van der Waals surface area contributed by atoms with E-state index >= 15 is 0 Å². The van der Waals surface area contributed by atoms with Crippen LogP contribution in [0.4, 0.5) is 0 Å². The Labute approximate surface area is 137 Å². The van der Waals surface area contributed by atoms with Crippen LogP contribution in [0, 0.1) is 5.41 Å². The zero-order chi connectivity index (χ0) is 16.9. The van der Waals surface area contributed by atoms with Crippen LogP contribution in [0.25, 0.3) is 5.69 Å². The second-order valence-corrected chi connectivity index (χ2v) is 5.93. The molecule has 2 rings (SSSR count). The van der Waals surface area contributed by atoms with E-state index in [9.17, 15) is 4.79 Å². The summed E-state index contributed by atoms with van der Waals surface area (Å²) in [6.45, 7) is 6.39. The number of amides is 1. The molecule has 0 spiro atoms. The number of hydrogen-bond acceptors (Lipinski definition) is 3. The number of aromatic nitrogens is 2. The van der Waals surface area contributed by atoms with Gasteiger partial charge in [-0.15, -0.1) is 0 Å². The number of benzene rings is 1. The molecule has 2 aromatic rings. The number of rotatable bonds is 7. The van der Waals surface area contributed by atoms with Crippen LogP contribution >= 0.6 is 0 Å². The molecule has 5 nitrogen and oxygen atoms in total. The molecule has 1 amide bonds. The van der Waals surface area contributed by atoms with Crippen LogP contribution in [0.1, 0.15) is 45.2 Å². The predicted molar refractivity (Wildman–Crippen MR) is 92.2 cm³/mol. The lowest BCUT2D eigenvalue weighted by Crippen LogP contribution is -2.46. The zero-order valence-electron chi connectivity index (χ0n) is 14.1. The van der Waals surface area contributed by atoms with E-state index in [2.05, 4.69) is 10.4 Å². The van der Waals surface area contributed by atoms with Crippen LogP contribution in [-0.4, -0.2) is 22.2 Å². The van der Waals surface area contributed by atoms with E-state index in [1.165, 1.54) is 0 Å². The Kier molecular flexibility index (Phi) is 5.55. The van der Waals surface area contributed by atoms with Gasteiger partial charge in [0.05, 0.1) is 17.1 Å². The van der Waals surface area contributed by atoms with Crippen molar-refractivity contribution in [3.63, 3.8) is 0 Å². The lowest BCUT2D eigenvalue weighted by atomic mass is 9.81. The Morgan fingerprint density at radius 2 is 2.09 bits per heavy atom. The molecule has 0 saturated heterocycles. The highest BCUT2D eigenvalue weighted by atomic mass is 16.2. The van der Waals surface area contributed by atoms with Gasteiger partial charge in [-0.25, -0.2) is 4.68 Å². The maximum atomic E-state index is 12.6. The Hall–Kier alpha value is -2.14. The van der Waals surface area contributed by atoms with Crippen molar-refractivity contribution in [2.45, 2.75) is 39.7 Å². The maximum absolute atomic E-state index is 12.6. The van der Waals surface area contributed by atoms with Gasteiger partial charge >= 0.3 is 0 Å². The molecular formula is C18H26N4O. The summed E-state index contributed by atoms with van der Waals surface area (Å²) in [4.78, 5) is 12.6. The average Bonchev–Trinajstić information content (AvgIpc) is 3.11. The van der Waals surface area contributed by atoms with E-state index in [1.807, 2.05) is 57.3 Å². The molecule has 0 bridgehead atoms. The molecule has 0 aliphatic carbocycles. The number of carbonyl (C=O) groups excluding carboxylic acids is 1. The molecular weight excluding hydrogens is 288 g/mol. The van der Waals surface area contributed by atoms with Crippen LogP contribution in [0.15, 0.2) is 42.7 Å². The Bertz CT molecular complexity index is 624. The Morgan fingerprint density at radius 3 is 2.65 bits per heavy atom. The first-order chi connectivity index (χ1) is 11.1. The molecule has 23 heavy (non-hydrogen) atoms. The summed E-state index contributed by atoms with van der Waals surface area (Å²) in [7, 11) is 0. The number of nitrogens with zero attached hydrogens (tertiary/aromatic N) is 2. The molecule has 1 atom stereocenters. The van der Waals surface area contributed by atoms with E-state index in [-0.39, 0.29) is 11.9 Å². The van der Waals surface area contributed by atoms with Gasteiger partial charge in [0, 0.05) is 18.9 Å². The fraction of sp³-hybridized carbons (Fsp3) is 0.444. The topological polar surface area (TPSA) is 72.9 Å². The summed E-state index contributed by atoms with van der Waals surface area (Å²) in [5, 5.41) is 7.35. The second kappa shape index (κ2) is 7.42. The van der Waals surface area contributed by atoms with E-state index < -0.39 is 5.41 Å². The largest absolute Gasteiger partial charge is 0.349 e. The van der Waals surface area contributed by atoms with Crippen molar-refractivity contribution in [2.24, 2.45) is 11.1 Å². The van der Waals surface area contributed by atoms with Gasteiger partial charge in [0.2, 0.25) is 5.91 Å². The minimum absolute atomic E-state index is 0.0296. The van der Waals surface area contributed by atoms with Gasteiger partial charge < -0.3 is 11.1 Å². The monoisotopic (exact) mass is 314 g/mol. The molecule has 1 heterocycles. The molecule has 0 saturated carbocycles. The van der Waals surface area contributed by atoms with Crippen molar-refractivity contribution in [3.05, 3.63) is 48.3 Å². The van der Waals surface area contributed by atoms with Crippen LogP contribution < -0.4 is 11.1 Å². The summed E-state index contributed by atoms with van der Waals surface area (Å²) in [5.41, 5.74) is 7.40. The first-order valence-corrected chi connectivity index (χ1v) is 8.17. The number of nitrogens with two attached hydrogens (primary N) is 1. The second-order valence-electron chi connectivity index (χ2n) is 5.93. The van der Waals surface area contributed by atoms with Gasteiger partial charge in [-0.1, -0.05) is 26.0 Å². The molecule has 0 aliphatic rings. The first kappa shape index (κ1) is 17.2. The molecule has 1 aromatic heterocycles. The van der Waals surface area contributed by atoms with Gasteiger partial charge in [-0.2, -0.15) is 5.10 Å². The summed E-state index contributed by atoms with van der Waals surface area (Å²) in [6.07, 6.45) is 5.13. The lowest BCUT2D eigenvalue weighted by molar-refractivity contribution is -0.131. The smallest absolute Gasteiger partial charge is 0.227 e.